The number of nitrogens with zero attached hydrogens (tertiary/aromatic N) is 4. The summed E-state index contributed by atoms with van der Waals surface area (Å²) in [6.45, 7) is 5.69. The van der Waals surface area contributed by atoms with Gasteiger partial charge < -0.3 is 24.4 Å². The van der Waals surface area contributed by atoms with Gasteiger partial charge in [0.1, 0.15) is 17.5 Å². The van der Waals surface area contributed by atoms with Crippen LogP contribution in [0.3, 0.4) is 0 Å². The Morgan fingerprint density at radius 3 is 2.51 bits per heavy atom. The number of nitrogens with one attached hydrogen (secondary N) is 1. The second-order valence-electron chi connectivity index (χ2n) is 9.32. The highest BCUT2D eigenvalue weighted by atomic mass is 19.4. The molecule has 5 rings (SSSR count). The molecule has 5 heterocycles. The van der Waals surface area contributed by atoms with Gasteiger partial charge in [0.15, 0.2) is 0 Å². The third kappa shape index (κ3) is 6.45. The monoisotopic (exact) mass is 543 g/mol. The number of hydrogen-bond donors (Lipinski definition) is 1. The Morgan fingerprint density at radius 1 is 1.03 bits per heavy atom. The summed E-state index contributed by atoms with van der Waals surface area (Å²) in [5, 5.41) is 2.64. The van der Waals surface area contributed by atoms with Crippen molar-refractivity contribution in [3.63, 3.8) is 0 Å². The Morgan fingerprint density at radius 2 is 1.77 bits per heavy atom. The highest BCUT2D eigenvalue weighted by Crippen LogP contribution is 2.35. The van der Waals surface area contributed by atoms with E-state index in [-0.39, 0.29) is 11.7 Å². The predicted molar refractivity (Wildman–Crippen MR) is 137 cm³/mol. The van der Waals surface area contributed by atoms with Gasteiger partial charge in [0, 0.05) is 60.7 Å². The molecule has 2 aliphatic rings. The standard InChI is InChI=1S/C27H28F3N5O4/c1-17-22(14-20(16-32-17)34-25(36)18-2-5-31-24(13-18)27(28,29)30)19-12-23(35-6-10-38-11-7-35)26(33-15-19)39-21-3-8-37-9-4-21/h2,5,12-16,21H,3-4,6-11H2,1H3,(H,34,36). The topological polar surface area (TPSA) is 98.7 Å². The summed E-state index contributed by atoms with van der Waals surface area (Å²) in [6.07, 6.45) is 1.07. The fourth-order valence-electron chi connectivity index (χ4n) is 4.48. The third-order valence-corrected chi connectivity index (χ3v) is 6.60. The molecule has 3 aromatic rings. The molecule has 1 N–H and O–H groups in total. The van der Waals surface area contributed by atoms with E-state index in [1.165, 1.54) is 12.3 Å². The molecule has 9 nitrogen and oxygen atoms in total. The molecule has 2 fully saturated rings. The van der Waals surface area contributed by atoms with Crippen LogP contribution in [0, 0.1) is 6.92 Å². The van der Waals surface area contributed by atoms with Gasteiger partial charge in [0.05, 0.1) is 38.3 Å². The number of pyridine rings is 3. The number of ether oxygens (including phenoxy) is 3. The van der Waals surface area contributed by atoms with Crippen molar-refractivity contribution in [2.75, 3.05) is 49.7 Å². The number of carbonyl (C=O) groups is 1. The summed E-state index contributed by atoms with van der Waals surface area (Å²) in [6, 6.07) is 5.66. The maximum absolute atomic E-state index is 13.0. The SMILES string of the molecule is Cc1ncc(NC(=O)c2ccnc(C(F)(F)F)c2)cc1-c1cnc(OC2CCOCC2)c(N2CCOCC2)c1. The number of halogens is 3. The lowest BCUT2D eigenvalue weighted by molar-refractivity contribution is -0.141. The van der Waals surface area contributed by atoms with Crippen LogP contribution in [0.15, 0.2) is 42.9 Å². The molecule has 2 aliphatic heterocycles. The lowest BCUT2D eigenvalue weighted by atomic mass is 10.0. The molecule has 1 amide bonds. The first-order valence-corrected chi connectivity index (χ1v) is 12.7. The van der Waals surface area contributed by atoms with E-state index in [4.69, 9.17) is 14.2 Å². The minimum absolute atomic E-state index is 0.0184. The maximum Gasteiger partial charge on any atom is 0.433 e. The maximum atomic E-state index is 13.0. The van der Waals surface area contributed by atoms with Crippen LogP contribution in [0.4, 0.5) is 24.5 Å². The average Bonchev–Trinajstić information content (AvgIpc) is 2.95. The number of aromatic nitrogens is 3. The van der Waals surface area contributed by atoms with Crippen molar-refractivity contribution in [1.29, 1.82) is 0 Å². The smallest absolute Gasteiger partial charge is 0.433 e. The Kier molecular flexibility index (Phi) is 7.94. The lowest BCUT2D eigenvalue weighted by Crippen LogP contribution is -2.37. The molecule has 3 aromatic heterocycles. The van der Waals surface area contributed by atoms with Crippen LogP contribution in [0.5, 0.6) is 5.88 Å². The van der Waals surface area contributed by atoms with Gasteiger partial charge >= 0.3 is 6.18 Å². The van der Waals surface area contributed by atoms with E-state index in [0.29, 0.717) is 62.8 Å². The van der Waals surface area contributed by atoms with E-state index < -0.39 is 17.8 Å². The lowest BCUT2D eigenvalue weighted by Gasteiger charge is -2.31. The Labute approximate surface area is 223 Å². The zero-order valence-corrected chi connectivity index (χ0v) is 21.3. The number of aryl methyl sites for hydroxylation is 1. The van der Waals surface area contributed by atoms with Crippen molar-refractivity contribution in [1.82, 2.24) is 15.0 Å². The second kappa shape index (κ2) is 11.5. The number of hydrogen-bond acceptors (Lipinski definition) is 8. The molecule has 0 radical (unpaired) electrons. The number of carbonyl (C=O) groups excluding carboxylic acids is 1. The first kappa shape index (κ1) is 26.8. The van der Waals surface area contributed by atoms with Crippen molar-refractivity contribution >= 4 is 17.3 Å². The number of alkyl halides is 3. The van der Waals surface area contributed by atoms with Gasteiger partial charge in [0.2, 0.25) is 5.88 Å². The molecule has 39 heavy (non-hydrogen) atoms. The van der Waals surface area contributed by atoms with E-state index in [0.717, 1.165) is 35.9 Å². The molecule has 206 valence electrons. The predicted octanol–water partition coefficient (Wildman–Crippen LogP) is 4.51. The Bertz CT molecular complexity index is 1330. The molecular formula is C27H28F3N5O4. The summed E-state index contributed by atoms with van der Waals surface area (Å²) in [4.78, 5) is 27.3. The van der Waals surface area contributed by atoms with Crippen molar-refractivity contribution in [2.24, 2.45) is 0 Å². The van der Waals surface area contributed by atoms with Crippen LogP contribution >= 0.6 is 0 Å². The van der Waals surface area contributed by atoms with E-state index in [2.05, 4.69) is 25.2 Å². The van der Waals surface area contributed by atoms with Crippen LogP contribution in [0.25, 0.3) is 11.1 Å². The second-order valence-corrected chi connectivity index (χ2v) is 9.32. The first-order chi connectivity index (χ1) is 18.8. The molecule has 0 saturated carbocycles. The molecule has 2 saturated heterocycles. The molecule has 0 atom stereocenters. The van der Waals surface area contributed by atoms with Gasteiger partial charge in [-0.25, -0.2) is 4.98 Å². The Hall–Kier alpha value is -3.77. The van der Waals surface area contributed by atoms with Crippen LogP contribution in [0.2, 0.25) is 0 Å². The number of rotatable bonds is 6. The summed E-state index contributed by atoms with van der Waals surface area (Å²) in [5.41, 5.74) is 2.06. The molecule has 0 aliphatic carbocycles. The highest BCUT2D eigenvalue weighted by Gasteiger charge is 2.33. The van der Waals surface area contributed by atoms with Crippen molar-refractivity contribution in [2.45, 2.75) is 32.0 Å². The number of anilines is 2. The van der Waals surface area contributed by atoms with E-state index in [9.17, 15) is 18.0 Å². The van der Waals surface area contributed by atoms with Gasteiger partial charge in [-0.2, -0.15) is 13.2 Å². The quantitative estimate of drug-likeness (QED) is 0.485. The fourth-order valence-corrected chi connectivity index (χ4v) is 4.48. The van der Waals surface area contributed by atoms with Crippen LogP contribution < -0.4 is 15.0 Å². The van der Waals surface area contributed by atoms with Gasteiger partial charge in [-0.15, -0.1) is 0 Å². The zero-order valence-electron chi connectivity index (χ0n) is 21.3. The molecule has 0 spiro atoms. The summed E-state index contributed by atoms with van der Waals surface area (Å²) >= 11 is 0. The molecule has 0 bridgehead atoms. The van der Waals surface area contributed by atoms with Gasteiger partial charge in [-0.1, -0.05) is 0 Å². The average molecular weight is 544 g/mol. The molecular weight excluding hydrogens is 515 g/mol. The summed E-state index contributed by atoms with van der Waals surface area (Å²) < 4.78 is 56.4. The highest BCUT2D eigenvalue weighted by molar-refractivity contribution is 6.04. The zero-order chi connectivity index (χ0) is 27.4. The third-order valence-electron chi connectivity index (χ3n) is 6.60. The number of amides is 1. The van der Waals surface area contributed by atoms with E-state index in [1.54, 1.807) is 12.3 Å². The molecule has 0 aromatic carbocycles. The van der Waals surface area contributed by atoms with Crippen molar-refractivity contribution < 1.29 is 32.2 Å². The fraction of sp³-hybridized carbons (Fsp3) is 0.407. The van der Waals surface area contributed by atoms with Crippen LogP contribution in [-0.4, -0.2) is 66.5 Å². The van der Waals surface area contributed by atoms with Gasteiger partial charge in [-0.05, 0) is 31.2 Å². The normalized spacial score (nSPS) is 16.7. The van der Waals surface area contributed by atoms with Gasteiger partial charge in [0.25, 0.3) is 5.91 Å². The summed E-state index contributed by atoms with van der Waals surface area (Å²) in [7, 11) is 0. The van der Waals surface area contributed by atoms with Crippen LogP contribution in [0.1, 0.15) is 34.6 Å². The minimum atomic E-state index is -4.65. The largest absolute Gasteiger partial charge is 0.473 e. The van der Waals surface area contributed by atoms with Crippen LogP contribution in [-0.2, 0) is 15.7 Å². The van der Waals surface area contributed by atoms with E-state index >= 15 is 0 Å². The molecule has 12 heteroatoms. The van der Waals surface area contributed by atoms with E-state index in [1.807, 2.05) is 13.0 Å². The molecule has 0 unspecified atom stereocenters. The minimum Gasteiger partial charge on any atom is -0.473 e. The van der Waals surface area contributed by atoms with Crippen molar-refractivity contribution in [3.05, 3.63) is 59.8 Å². The van der Waals surface area contributed by atoms with Crippen molar-refractivity contribution in [3.8, 4) is 17.0 Å². The first-order valence-electron chi connectivity index (χ1n) is 12.7. The van der Waals surface area contributed by atoms with Gasteiger partial charge in [-0.3, -0.25) is 14.8 Å². The number of morpholine rings is 1. The summed E-state index contributed by atoms with van der Waals surface area (Å²) in [5.74, 6) is -0.160. The Balaban J connectivity index is 1.42.